The van der Waals surface area contributed by atoms with Crippen LogP contribution in [0.2, 0.25) is 0 Å². The zero-order valence-electron chi connectivity index (χ0n) is 9.38. The van der Waals surface area contributed by atoms with Gasteiger partial charge < -0.3 is 5.32 Å². The van der Waals surface area contributed by atoms with Gasteiger partial charge in [-0.1, -0.05) is 0 Å². The zero-order valence-corrected chi connectivity index (χ0v) is 9.38. The van der Waals surface area contributed by atoms with Crippen LogP contribution >= 0.6 is 0 Å². The molecule has 0 bridgehead atoms. The molecule has 2 aromatic rings. The molecule has 0 unspecified atom stereocenters. The lowest BCUT2D eigenvalue weighted by molar-refractivity contribution is 0.741. The van der Waals surface area contributed by atoms with Crippen molar-refractivity contribution < 1.29 is 0 Å². The predicted octanol–water partition coefficient (Wildman–Crippen LogP) is 0.568. The molecule has 0 fully saturated rings. The highest BCUT2D eigenvalue weighted by Crippen LogP contribution is 2.03. The van der Waals surface area contributed by atoms with Crippen molar-refractivity contribution in [3.8, 4) is 0 Å². The monoisotopic (exact) mass is 218 g/mol. The number of anilines is 1. The van der Waals surface area contributed by atoms with Gasteiger partial charge >= 0.3 is 0 Å². The lowest BCUT2D eigenvalue weighted by atomic mass is 10.3. The molecule has 16 heavy (non-hydrogen) atoms. The minimum Gasteiger partial charge on any atom is -0.368 e. The normalized spacial score (nSPS) is 10.4. The Kier molecular flexibility index (Phi) is 3.09. The Labute approximate surface area is 93.7 Å². The molecule has 2 aromatic heterocycles. The average molecular weight is 218 g/mol. The summed E-state index contributed by atoms with van der Waals surface area (Å²) < 4.78 is 1.70. The number of nitrogens with one attached hydrogen (secondary N) is 1. The highest BCUT2D eigenvalue weighted by molar-refractivity contribution is 5.34. The Morgan fingerprint density at radius 3 is 3.00 bits per heavy atom. The molecular weight excluding hydrogens is 204 g/mol. The largest absolute Gasteiger partial charge is 0.368 e. The lowest BCUT2D eigenvalue weighted by Gasteiger charge is -2.02. The minimum atomic E-state index is 0.752. The van der Waals surface area contributed by atoms with Gasteiger partial charge in [-0.3, -0.25) is 4.68 Å². The fourth-order valence-corrected chi connectivity index (χ4v) is 1.35. The number of hydrogen-bond donors (Lipinski definition) is 1. The molecule has 0 aromatic carbocycles. The molecule has 0 aliphatic carbocycles. The maximum absolute atomic E-state index is 4.19. The number of rotatable bonds is 4. The highest BCUT2D eigenvalue weighted by Gasteiger charge is 1.99. The lowest BCUT2D eigenvalue weighted by Crippen LogP contribution is -2.08. The van der Waals surface area contributed by atoms with Gasteiger partial charge in [-0.2, -0.15) is 10.2 Å². The van der Waals surface area contributed by atoms with Gasteiger partial charge in [0.2, 0.25) is 0 Å². The smallest absolute Gasteiger partial charge is 0.152 e. The molecule has 2 heterocycles. The maximum atomic E-state index is 4.19. The van der Waals surface area contributed by atoms with Crippen LogP contribution in [0.3, 0.4) is 0 Å². The third-order valence-electron chi connectivity index (χ3n) is 2.09. The molecule has 0 saturated heterocycles. The van der Waals surface area contributed by atoms with Gasteiger partial charge in [-0.05, 0) is 18.6 Å². The molecule has 2 rings (SSSR count). The van der Waals surface area contributed by atoms with E-state index in [4.69, 9.17) is 0 Å². The Morgan fingerprint density at radius 1 is 1.44 bits per heavy atom. The molecule has 0 aliphatic heterocycles. The van der Waals surface area contributed by atoms with E-state index < -0.39 is 0 Å². The van der Waals surface area contributed by atoms with Crippen molar-refractivity contribution in [2.75, 3.05) is 11.9 Å². The molecule has 0 aliphatic rings. The van der Waals surface area contributed by atoms with Crippen LogP contribution in [-0.2, 0) is 13.5 Å². The number of nitrogens with zero attached hydrogens (tertiary/aromatic N) is 5. The Bertz CT molecular complexity index is 464. The molecule has 0 amide bonds. The third kappa shape index (κ3) is 2.75. The van der Waals surface area contributed by atoms with Crippen molar-refractivity contribution >= 4 is 5.82 Å². The van der Waals surface area contributed by atoms with Crippen molar-refractivity contribution in [2.24, 2.45) is 7.05 Å². The van der Waals surface area contributed by atoms with E-state index in [1.54, 1.807) is 17.2 Å². The summed E-state index contributed by atoms with van der Waals surface area (Å²) >= 11 is 0. The summed E-state index contributed by atoms with van der Waals surface area (Å²) in [5.41, 5.74) is 1.09. The Balaban J connectivity index is 1.84. The second-order valence-electron chi connectivity index (χ2n) is 3.63. The fraction of sp³-hybridized carbons (Fsp3) is 0.400. The first-order valence-corrected chi connectivity index (χ1v) is 5.12. The summed E-state index contributed by atoms with van der Waals surface area (Å²) in [6.07, 6.45) is 4.20. The number of aromatic nitrogens is 5. The van der Waals surface area contributed by atoms with Crippen LogP contribution in [0.1, 0.15) is 11.4 Å². The van der Waals surface area contributed by atoms with Gasteiger partial charge in [0, 0.05) is 20.0 Å². The maximum Gasteiger partial charge on any atom is 0.152 e. The van der Waals surface area contributed by atoms with Crippen molar-refractivity contribution in [1.29, 1.82) is 0 Å². The van der Waals surface area contributed by atoms with Crippen LogP contribution in [0, 0.1) is 6.92 Å². The van der Waals surface area contributed by atoms with E-state index in [0.717, 1.165) is 30.2 Å². The second kappa shape index (κ2) is 4.69. The van der Waals surface area contributed by atoms with Gasteiger partial charge in [-0.25, -0.2) is 4.98 Å². The topological polar surface area (TPSA) is 68.5 Å². The molecule has 6 nitrogen and oxygen atoms in total. The number of hydrogen-bond acceptors (Lipinski definition) is 5. The first kappa shape index (κ1) is 10.5. The summed E-state index contributed by atoms with van der Waals surface area (Å²) in [6, 6.07) is 1.96. The van der Waals surface area contributed by atoms with Crippen LogP contribution in [0.25, 0.3) is 0 Å². The first-order chi connectivity index (χ1) is 7.74. The summed E-state index contributed by atoms with van der Waals surface area (Å²) in [5, 5.41) is 15.2. The second-order valence-corrected chi connectivity index (χ2v) is 3.63. The van der Waals surface area contributed by atoms with E-state index in [9.17, 15) is 0 Å². The van der Waals surface area contributed by atoms with Crippen LogP contribution in [0.5, 0.6) is 0 Å². The van der Waals surface area contributed by atoms with E-state index in [0.29, 0.717) is 0 Å². The zero-order chi connectivity index (χ0) is 11.4. The fourth-order valence-electron chi connectivity index (χ4n) is 1.35. The van der Waals surface area contributed by atoms with Crippen molar-refractivity contribution in [2.45, 2.75) is 13.3 Å². The molecule has 0 radical (unpaired) electrons. The van der Waals surface area contributed by atoms with Gasteiger partial charge in [0.15, 0.2) is 5.82 Å². The van der Waals surface area contributed by atoms with Crippen LogP contribution in [0.15, 0.2) is 18.6 Å². The quantitative estimate of drug-likeness (QED) is 0.812. The van der Waals surface area contributed by atoms with Crippen molar-refractivity contribution in [1.82, 2.24) is 25.0 Å². The van der Waals surface area contributed by atoms with Gasteiger partial charge in [0.05, 0.1) is 6.20 Å². The molecule has 84 valence electrons. The first-order valence-electron chi connectivity index (χ1n) is 5.12. The minimum absolute atomic E-state index is 0.752. The Hall–Kier alpha value is -1.98. The van der Waals surface area contributed by atoms with E-state index in [1.165, 1.54) is 0 Å². The molecule has 1 N–H and O–H groups in total. The van der Waals surface area contributed by atoms with E-state index in [1.807, 2.05) is 20.0 Å². The van der Waals surface area contributed by atoms with E-state index in [2.05, 4.69) is 25.6 Å². The third-order valence-corrected chi connectivity index (χ3v) is 2.09. The van der Waals surface area contributed by atoms with Crippen molar-refractivity contribution in [3.63, 3.8) is 0 Å². The summed E-state index contributed by atoms with van der Waals surface area (Å²) in [7, 11) is 1.86. The summed E-state index contributed by atoms with van der Waals surface area (Å²) in [4.78, 5) is 4.14. The predicted molar refractivity (Wildman–Crippen MR) is 60.0 cm³/mol. The molecule has 0 saturated carbocycles. The number of aryl methyl sites for hydroxylation is 2. The molecule has 0 atom stereocenters. The van der Waals surface area contributed by atoms with Crippen LogP contribution < -0.4 is 5.32 Å². The van der Waals surface area contributed by atoms with E-state index in [-0.39, 0.29) is 0 Å². The SMILES string of the molecule is Cc1cnnc(NCCc2ncn(C)n2)c1. The molecule has 0 spiro atoms. The summed E-state index contributed by atoms with van der Waals surface area (Å²) in [6.45, 7) is 2.74. The van der Waals surface area contributed by atoms with Gasteiger partial charge in [-0.15, -0.1) is 5.10 Å². The van der Waals surface area contributed by atoms with Crippen molar-refractivity contribution in [3.05, 3.63) is 30.0 Å². The van der Waals surface area contributed by atoms with Gasteiger partial charge in [0.25, 0.3) is 0 Å². The molecule has 6 heteroatoms. The Morgan fingerprint density at radius 2 is 2.31 bits per heavy atom. The van der Waals surface area contributed by atoms with Crippen LogP contribution in [0.4, 0.5) is 5.82 Å². The van der Waals surface area contributed by atoms with E-state index >= 15 is 0 Å². The molecular formula is C10H14N6. The highest BCUT2D eigenvalue weighted by atomic mass is 15.3. The van der Waals surface area contributed by atoms with Crippen LogP contribution in [-0.4, -0.2) is 31.5 Å². The average Bonchev–Trinajstić information content (AvgIpc) is 2.64. The summed E-state index contributed by atoms with van der Waals surface area (Å²) in [5.74, 6) is 1.62. The standard InChI is InChI=1S/C10H14N6/c1-8-5-10(14-13-6-8)11-4-3-9-12-7-16(2)15-9/h5-7H,3-4H2,1-2H3,(H,11,14). The van der Waals surface area contributed by atoms with Gasteiger partial charge in [0.1, 0.15) is 12.1 Å².